The molecule has 1 aliphatic rings. The van der Waals surface area contributed by atoms with E-state index in [4.69, 9.17) is 33.2 Å². The number of carbonyl (C=O) groups excluding carboxylic acids is 8. The first kappa shape index (κ1) is 56.3. The van der Waals surface area contributed by atoms with E-state index in [2.05, 4.69) is 43.7 Å². The molecule has 0 spiro atoms. The van der Waals surface area contributed by atoms with Gasteiger partial charge in [0, 0.05) is 37.4 Å². The van der Waals surface area contributed by atoms with E-state index < -0.39 is 82.8 Å². The van der Waals surface area contributed by atoms with Crippen LogP contribution in [0.1, 0.15) is 87.1 Å². The average molecular weight is 933 g/mol. The number of esters is 2. The number of fused-ring (bicyclic) bond motifs is 1. The Balaban J connectivity index is 2.29. The molecule has 1 aliphatic heterocycles. The fraction of sp³-hybridized carbons (Fsp3) is 0.644. The average Bonchev–Trinajstić information content (AvgIpc) is 3.20. The van der Waals surface area contributed by atoms with Gasteiger partial charge in [0.1, 0.15) is 23.3 Å². The van der Waals surface area contributed by atoms with E-state index in [1.165, 1.54) is 19.9 Å². The van der Waals surface area contributed by atoms with Crippen LogP contribution in [-0.4, -0.2) is 143 Å². The van der Waals surface area contributed by atoms with Crippen molar-refractivity contribution in [2.24, 2.45) is 5.92 Å². The second-order valence-corrected chi connectivity index (χ2v) is 17.2. The molecule has 0 fully saturated rings. The van der Waals surface area contributed by atoms with Crippen LogP contribution < -0.4 is 36.6 Å². The van der Waals surface area contributed by atoms with Gasteiger partial charge in [-0.3, -0.25) is 33.6 Å². The first-order valence-electron chi connectivity index (χ1n) is 21.9. The lowest BCUT2D eigenvalue weighted by atomic mass is 9.95. The number of carbonyl (C=O) groups is 8. The molecule has 0 saturated heterocycles. The lowest BCUT2D eigenvalue weighted by Gasteiger charge is -2.27. The van der Waals surface area contributed by atoms with Gasteiger partial charge in [0.15, 0.2) is 5.75 Å². The maximum Gasteiger partial charge on any atom is 0.407 e. The highest BCUT2D eigenvalue weighted by atomic mass is 16.6. The van der Waals surface area contributed by atoms with Gasteiger partial charge in [-0.15, -0.1) is 0 Å². The number of hydrogen-bond acceptors (Lipinski definition) is 15. The highest BCUT2D eigenvalue weighted by Gasteiger charge is 2.28. The van der Waals surface area contributed by atoms with E-state index in [9.17, 15) is 38.4 Å². The summed E-state index contributed by atoms with van der Waals surface area (Å²) in [4.78, 5) is 102. The predicted octanol–water partition coefficient (Wildman–Crippen LogP) is 1.44. The highest BCUT2D eigenvalue weighted by Crippen LogP contribution is 2.28. The fourth-order valence-corrected chi connectivity index (χ4v) is 5.61. The molecular formula is C45H68N6O15. The van der Waals surface area contributed by atoms with Crippen LogP contribution in [0.3, 0.4) is 0 Å². The summed E-state index contributed by atoms with van der Waals surface area (Å²) in [5, 5.41) is 15.7. The molecule has 1 aromatic rings. The molecule has 6 amide bonds. The van der Waals surface area contributed by atoms with Crippen LogP contribution in [0.2, 0.25) is 0 Å². The third kappa shape index (κ3) is 25.6. The van der Waals surface area contributed by atoms with Gasteiger partial charge in [-0.25, -0.2) is 4.79 Å². The summed E-state index contributed by atoms with van der Waals surface area (Å²) in [7, 11) is 0. The molecule has 0 aromatic heterocycles. The van der Waals surface area contributed by atoms with Gasteiger partial charge in [0.25, 0.3) is 11.8 Å². The highest BCUT2D eigenvalue weighted by molar-refractivity contribution is 6.03. The number of rotatable bonds is 6. The second-order valence-electron chi connectivity index (χ2n) is 17.2. The first-order valence-corrected chi connectivity index (χ1v) is 21.9. The first-order chi connectivity index (χ1) is 31.0. The molecule has 21 heteroatoms. The summed E-state index contributed by atoms with van der Waals surface area (Å²) in [6.45, 7) is 16.1. The topological polar surface area (TPSA) is 273 Å². The zero-order chi connectivity index (χ0) is 49.3. The molecule has 0 aliphatic carbocycles. The van der Waals surface area contributed by atoms with E-state index in [-0.39, 0.29) is 103 Å². The van der Waals surface area contributed by atoms with Crippen molar-refractivity contribution in [1.82, 2.24) is 26.6 Å². The Morgan fingerprint density at radius 3 is 1.82 bits per heavy atom. The van der Waals surface area contributed by atoms with Crippen molar-refractivity contribution < 1.29 is 71.5 Å². The molecule has 1 heterocycles. The zero-order valence-electron chi connectivity index (χ0n) is 39.6. The molecular weight excluding hydrogens is 865 g/mol. The Hall–Kier alpha value is -5.82. The third-order valence-electron chi connectivity index (χ3n) is 8.72. The van der Waals surface area contributed by atoms with E-state index in [0.717, 1.165) is 0 Å². The van der Waals surface area contributed by atoms with Crippen LogP contribution in [0.25, 0.3) is 0 Å². The Morgan fingerprint density at radius 1 is 0.727 bits per heavy atom. The summed E-state index contributed by atoms with van der Waals surface area (Å²) < 4.78 is 38.4. The van der Waals surface area contributed by atoms with Crippen molar-refractivity contribution in [2.75, 3.05) is 71.3 Å². The van der Waals surface area contributed by atoms with Crippen molar-refractivity contribution in [3.63, 3.8) is 0 Å². The number of nitrogens with one attached hydrogen (secondary N) is 6. The van der Waals surface area contributed by atoms with Crippen LogP contribution in [0.15, 0.2) is 18.2 Å². The van der Waals surface area contributed by atoms with Gasteiger partial charge >= 0.3 is 18.0 Å². The minimum atomic E-state index is -1.14. The molecule has 1 aromatic carbocycles. The third-order valence-corrected chi connectivity index (χ3v) is 8.72. The van der Waals surface area contributed by atoms with Gasteiger partial charge in [0.2, 0.25) is 17.7 Å². The Morgan fingerprint density at radius 2 is 1.26 bits per heavy atom. The summed E-state index contributed by atoms with van der Waals surface area (Å²) >= 11 is 0. The van der Waals surface area contributed by atoms with E-state index in [1.807, 2.05) is 0 Å². The minimum absolute atomic E-state index is 0.0302. The minimum Gasteiger partial charge on any atom is -0.460 e. The lowest BCUT2D eigenvalue weighted by Crippen LogP contribution is -2.50. The van der Waals surface area contributed by atoms with Crippen molar-refractivity contribution in [3.8, 4) is 17.6 Å². The Labute approximate surface area is 386 Å². The zero-order valence-corrected chi connectivity index (χ0v) is 39.6. The lowest BCUT2D eigenvalue weighted by molar-refractivity contribution is -0.159. The van der Waals surface area contributed by atoms with Crippen molar-refractivity contribution in [3.05, 3.63) is 23.8 Å². The van der Waals surface area contributed by atoms with Gasteiger partial charge in [-0.2, -0.15) is 0 Å². The molecule has 368 valence electrons. The summed E-state index contributed by atoms with van der Waals surface area (Å²) in [6, 6.07) is 1.81. The van der Waals surface area contributed by atoms with Crippen LogP contribution >= 0.6 is 0 Å². The van der Waals surface area contributed by atoms with Gasteiger partial charge in [-0.05, 0) is 85.9 Å². The molecule has 3 unspecified atom stereocenters. The van der Waals surface area contributed by atoms with Gasteiger partial charge in [0.05, 0.1) is 70.9 Å². The Bertz CT molecular complexity index is 1870. The largest absolute Gasteiger partial charge is 0.460 e. The normalized spacial score (nSPS) is 20.3. The van der Waals surface area contributed by atoms with Crippen molar-refractivity contribution >= 4 is 53.3 Å². The smallest absolute Gasteiger partial charge is 0.407 e. The molecule has 0 saturated carbocycles. The summed E-state index contributed by atoms with van der Waals surface area (Å²) in [6.07, 6.45) is -0.664. The maximum absolute atomic E-state index is 13.6. The Kier molecular flexibility index (Phi) is 24.7. The number of amides is 6. The monoisotopic (exact) mass is 932 g/mol. The van der Waals surface area contributed by atoms with Crippen molar-refractivity contribution in [1.29, 1.82) is 0 Å². The molecule has 21 nitrogen and oxygen atoms in total. The fourth-order valence-electron chi connectivity index (χ4n) is 5.61. The number of benzene rings is 1. The summed E-state index contributed by atoms with van der Waals surface area (Å²) in [5.41, 5.74) is -0.928. The molecule has 6 N–H and O–H groups in total. The molecule has 0 bridgehead atoms. The number of hydrogen-bond donors (Lipinski definition) is 6. The van der Waals surface area contributed by atoms with Gasteiger partial charge < -0.3 is 65.1 Å². The predicted molar refractivity (Wildman–Crippen MR) is 239 cm³/mol. The van der Waals surface area contributed by atoms with E-state index >= 15 is 0 Å². The SMILES string of the molecule is CC(C[C@H](Cc1ccc2c(c1)NC(=O)C(C)NC(=O)C(C)NC(=O)CCOCCOCCNC(=O)C#CC(=O)NCCOCCOCCC(=O)O2)NC(=O)OC(C)(C)C)C(=O)OC(C)(C)C. The number of anilines is 1. The van der Waals surface area contributed by atoms with Crippen LogP contribution in [0.5, 0.6) is 5.75 Å². The standard InChI is InChI=1S/C45H68N6O15/c1-29(42(58)65-44(4,5)6)26-33(50-43(59)66-45(7,8)9)27-32-10-11-35-34(28-32)51-41(57)31(3)49-40(56)30(2)48-38(54)14-18-60-22-24-62-20-16-46-36(52)12-13-37(53)47-17-21-63-25-23-61-19-15-39(55)64-35/h10-11,28-31,33H,14-27H2,1-9H3,(H,46,52)(H,47,53)(H,48,54)(H,49,56)(H,50,59)(H,51,57)/t29?,30?,31?,33-/m1/s1. The quantitative estimate of drug-likeness (QED) is 0.134. The van der Waals surface area contributed by atoms with E-state index in [1.54, 1.807) is 60.6 Å². The second kappa shape index (κ2) is 29.0. The summed E-state index contributed by atoms with van der Waals surface area (Å²) in [5.74, 6) is -0.623. The molecule has 66 heavy (non-hydrogen) atoms. The number of alkyl carbamates (subject to hydrolysis) is 1. The maximum atomic E-state index is 13.6. The van der Waals surface area contributed by atoms with Crippen LogP contribution in [0.4, 0.5) is 10.5 Å². The van der Waals surface area contributed by atoms with E-state index in [0.29, 0.717) is 5.56 Å². The molecule has 4 atom stereocenters. The molecule has 2 rings (SSSR count). The molecule has 0 radical (unpaired) electrons. The van der Waals surface area contributed by atoms with Crippen LogP contribution in [-0.2, 0) is 68.4 Å². The number of ether oxygens (including phenoxy) is 7. The van der Waals surface area contributed by atoms with Crippen LogP contribution in [0, 0.1) is 17.8 Å². The van der Waals surface area contributed by atoms with Crippen molar-refractivity contribution in [2.45, 2.75) is 117 Å². The van der Waals surface area contributed by atoms with Gasteiger partial charge in [-0.1, -0.05) is 13.0 Å².